The molecule has 0 amide bonds. The standard InChI is InChI=1S/C12H21ClN3O11P3/c13-8-12(4-6-28(18,19)26-30(23,24)27-29(20,21)22)3-1-9(25-12)7-16-5-2-10(14)15-11(16)17/h2,5,9H,1,3-4,6-8H2,(H,18,19)(H,23,24)(H2,14,15,17)(H2,20,21,22)/t9-,12+/m1/s1. The smallest absolute Gasteiger partial charge is 0.383 e. The summed E-state index contributed by atoms with van der Waals surface area (Å²) in [7, 11) is -15.7. The van der Waals surface area contributed by atoms with Gasteiger partial charge in [-0.3, -0.25) is 9.13 Å². The first-order valence-corrected chi connectivity index (χ1v) is 13.7. The van der Waals surface area contributed by atoms with Gasteiger partial charge >= 0.3 is 28.9 Å². The molecule has 1 aromatic heterocycles. The van der Waals surface area contributed by atoms with Crippen LogP contribution in [0.2, 0.25) is 0 Å². The molecule has 30 heavy (non-hydrogen) atoms. The average molecular weight is 512 g/mol. The molecule has 1 aliphatic heterocycles. The highest BCUT2D eigenvalue weighted by Crippen LogP contribution is 2.66. The maximum atomic E-state index is 12.1. The van der Waals surface area contributed by atoms with Crippen molar-refractivity contribution in [2.45, 2.75) is 37.5 Å². The highest BCUT2D eigenvalue weighted by atomic mass is 35.5. The molecule has 0 spiro atoms. The van der Waals surface area contributed by atoms with Crippen molar-refractivity contribution in [2.75, 3.05) is 17.8 Å². The van der Waals surface area contributed by atoms with Gasteiger partial charge in [0.2, 0.25) is 0 Å². The van der Waals surface area contributed by atoms with E-state index in [0.29, 0.717) is 12.8 Å². The van der Waals surface area contributed by atoms with Crippen molar-refractivity contribution in [3.8, 4) is 0 Å². The monoisotopic (exact) mass is 511 g/mol. The Hall–Kier alpha value is -0.620. The Labute approximate surface area is 175 Å². The van der Waals surface area contributed by atoms with Crippen LogP contribution in [0.1, 0.15) is 19.3 Å². The predicted molar refractivity (Wildman–Crippen MR) is 104 cm³/mol. The molecule has 2 rings (SSSR count). The van der Waals surface area contributed by atoms with Crippen LogP contribution in [-0.2, 0) is 33.6 Å². The molecule has 18 heteroatoms. The Morgan fingerprint density at radius 3 is 2.53 bits per heavy atom. The number of nitrogen functional groups attached to an aromatic ring is 1. The molecular formula is C12H21ClN3O11P3. The van der Waals surface area contributed by atoms with E-state index in [1.165, 1.54) is 16.8 Å². The minimum Gasteiger partial charge on any atom is -0.383 e. The van der Waals surface area contributed by atoms with Gasteiger partial charge in [0.25, 0.3) is 0 Å². The molecule has 2 unspecified atom stereocenters. The Bertz CT molecular complexity index is 968. The van der Waals surface area contributed by atoms with Crippen LogP contribution in [0.5, 0.6) is 0 Å². The van der Waals surface area contributed by atoms with E-state index in [9.17, 15) is 28.3 Å². The predicted octanol–water partition coefficient (Wildman–Crippen LogP) is 0.784. The zero-order valence-electron chi connectivity index (χ0n) is 15.3. The zero-order valence-corrected chi connectivity index (χ0v) is 18.8. The number of rotatable bonds is 10. The molecule has 2 heterocycles. The maximum Gasteiger partial charge on any atom is 0.488 e. The van der Waals surface area contributed by atoms with Crippen LogP contribution in [0.25, 0.3) is 0 Å². The van der Waals surface area contributed by atoms with Crippen LogP contribution < -0.4 is 11.4 Å². The summed E-state index contributed by atoms with van der Waals surface area (Å²) in [4.78, 5) is 51.5. The third-order valence-corrected chi connectivity index (χ3v) is 8.97. The van der Waals surface area contributed by atoms with Crippen molar-refractivity contribution >= 4 is 40.7 Å². The fraction of sp³-hybridized carbons (Fsp3) is 0.667. The van der Waals surface area contributed by atoms with Crippen molar-refractivity contribution < 1.29 is 46.6 Å². The SMILES string of the molecule is Nc1ccn(C[C@H]2CC[C@@](CCl)(CCP(=O)(O)OP(=O)(O)OP(=O)(O)O)O2)c(=O)n1. The second kappa shape index (κ2) is 9.48. The highest BCUT2D eigenvalue weighted by Gasteiger charge is 2.44. The molecule has 1 saturated heterocycles. The van der Waals surface area contributed by atoms with E-state index in [2.05, 4.69) is 13.6 Å². The van der Waals surface area contributed by atoms with Crippen LogP contribution in [0.15, 0.2) is 17.1 Å². The van der Waals surface area contributed by atoms with Gasteiger partial charge in [-0.2, -0.15) is 9.29 Å². The minimum atomic E-state index is -5.50. The number of hydrogen-bond donors (Lipinski definition) is 5. The van der Waals surface area contributed by atoms with Crippen molar-refractivity contribution in [3.63, 3.8) is 0 Å². The average Bonchev–Trinajstić information content (AvgIpc) is 2.96. The van der Waals surface area contributed by atoms with Crippen LogP contribution in [0, 0.1) is 0 Å². The van der Waals surface area contributed by atoms with E-state index < -0.39 is 46.8 Å². The van der Waals surface area contributed by atoms with Gasteiger partial charge in [0.05, 0.1) is 30.3 Å². The third kappa shape index (κ3) is 7.81. The molecule has 0 radical (unpaired) electrons. The Balaban J connectivity index is 1.99. The second-order valence-corrected chi connectivity index (χ2v) is 11.8. The van der Waals surface area contributed by atoms with Gasteiger partial charge in [-0.25, -0.2) is 18.2 Å². The second-order valence-electron chi connectivity index (χ2n) is 6.62. The van der Waals surface area contributed by atoms with Gasteiger partial charge in [-0.15, -0.1) is 11.6 Å². The molecule has 1 fully saturated rings. The first-order valence-electron chi connectivity index (χ1n) is 8.34. The van der Waals surface area contributed by atoms with E-state index in [1.807, 2.05) is 0 Å². The number of halogens is 1. The Kier molecular flexibility index (Phi) is 8.10. The lowest BCUT2D eigenvalue weighted by molar-refractivity contribution is -0.0344. The van der Waals surface area contributed by atoms with Gasteiger partial charge < -0.3 is 30.0 Å². The van der Waals surface area contributed by atoms with Crippen LogP contribution in [-0.4, -0.2) is 52.9 Å². The summed E-state index contributed by atoms with van der Waals surface area (Å²) in [6.45, 7) is 0.139. The van der Waals surface area contributed by atoms with Gasteiger partial charge in [0, 0.05) is 6.20 Å². The molecule has 0 saturated carbocycles. The van der Waals surface area contributed by atoms with Crippen molar-refractivity contribution in [1.82, 2.24) is 9.55 Å². The maximum absolute atomic E-state index is 12.1. The Morgan fingerprint density at radius 2 is 1.97 bits per heavy atom. The van der Waals surface area contributed by atoms with Gasteiger partial charge in [0.15, 0.2) is 0 Å². The van der Waals surface area contributed by atoms with E-state index in [-0.39, 0.29) is 24.7 Å². The first kappa shape index (κ1) is 25.6. The number of phosphoric acid groups is 2. The fourth-order valence-corrected chi connectivity index (χ4v) is 6.97. The summed E-state index contributed by atoms with van der Waals surface area (Å²) in [5.41, 5.74) is 3.78. The van der Waals surface area contributed by atoms with Crippen molar-refractivity contribution in [3.05, 3.63) is 22.7 Å². The lowest BCUT2D eigenvalue weighted by Crippen LogP contribution is -2.35. The summed E-state index contributed by atoms with van der Waals surface area (Å²) in [6.07, 6.45) is 0.919. The molecule has 0 aliphatic carbocycles. The number of nitrogens with two attached hydrogens (primary N) is 1. The fourth-order valence-electron chi connectivity index (χ4n) is 2.87. The van der Waals surface area contributed by atoms with E-state index in [0.717, 1.165) is 0 Å². The Morgan fingerprint density at radius 1 is 1.30 bits per heavy atom. The summed E-state index contributed by atoms with van der Waals surface area (Å²) in [6, 6.07) is 1.44. The number of hydrogen-bond acceptors (Lipinski definition) is 9. The number of aromatic nitrogens is 2. The van der Waals surface area contributed by atoms with Crippen molar-refractivity contribution in [2.24, 2.45) is 0 Å². The molecule has 172 valence electrons. The molecule has 14 nitrogen and oxygen atoms in total. The van der Waals surface area contributed by atoms with Gasteiger partial charge in [-0.1, -0.05) is 0 Å². The molecule has 0 aromatic carbocycles. The molecule has 6 N–H and O–H groups in total. The highest BCUT2D eigenvalue weighted by molar-refractivity contribution is 7.68. The van der Waals surface area contributed by atoms with E-state index in [4.69, 9.17) is 31.9 Å². The van der Waals surface area contributed by atoms with E-state index in [1.54, 1.807) is 0 Å². The van der Waals surface area contributed by atoms with E-state index >= 15 is 0 Å². The molecule has 0 bridgehead atoms. The lowest BCUT2D eigenvalue weighted by atomic mass is 9.99. The normalized spacial score (nSPS) is 26.2. The quantitative estimate of drug-likeness (QED) is 0.217. The molecular weight excluding hydrogens is 491 g/mol. The summed E-state index contributed by atoms with van der Waals surface area (Å²) >= 11 is 5.97. The summed E-state index contributed by atoms with van der Waals surface area (Å²) < 4.78 is 48.9. The van der Waals surface area contributed by atoms with Crippen LogP contribution >= 0.6 is 34.8 Å². The third-order valence-electron chi connectivity index (χ3n) is 4.17. The zero-order chi connectivity index (χ0) is 22.8. The molecule has 1 aliphatic rings. The number of nitrogens with zero attached hydrogens (tertiary/aromatic N) is 2. The molecule has 1 aromatic rings. The first-order chi connectivity index (χ1) is 13.6. The number of ether oxygens (including phenoxy) is 1. The van der Waals surface area contributed by atoms with Crippen LogP contribution in [0.4, 0.5) is 5.82 Å². The summed E-state index contributed by atoms with van der Waals surface area (Å²) in [5, 5.41) is 0. The van der Waals surface area contributed by atoms with Gasteiger partial charge in [0.1, 0.15) is 5.82 Å². The minimum absolute atomic E-state index is 0.0706. The lowest BCUT2D eigenvalue weighted by Gasteiger charge is -2.28. The van der Waals surface area contributed by atoms with Crippen molar-refractivity contribution in [1.29, 1.82) is 0 Å². The molecule has 4 atom stereocenters. The van der Waals surface area contributed by atoms with Crippen LogP contribution in [0.3, 0.4) is 0 Å². The van der Waals surface area contributed by atoms with Gasteiger partial charge in [-0.05, 0) is 25.3 Å². The number of anilines is 1. The summed E-state index contributed by atoms with van der Waals surface area (Å²) in [5.74, 6) is -0.0185. The number of alkyl halides is 1. The largest absolute Gasteiger partial charge is 0.488 e. The topological polar surface area (TPSA) is 221 Å².